The quantitative estimate of drug-likeness (QED) is 0.827. The van der Waals surface area contributed by atoms with E-state index in [-0.39, 0.29) is 12.5 Å². The molecule has 1 fully saturated rings. The molecule has 1 N–H and O–H groups in total. The van der Waals surface area contributed by atoms with E-state index in [1.165, 1.54) is 6.07 Å². The van der Waals surface area contributed by atoms with Crippen molar-refractivity contribution in [2.75, 3.05) is 6.61 Å². The van der Waals surface area contributed by atoms with Crippen LogP contribution in [-0.2, 0) is 16.9 Å². The maximum atomic E-state index is 13.2. The normalized spacial score (nSPS) is 21.2. The number of carbonyl (C=O) groups is 2. The summed E-state index contributed by atoms with van der Waals surface area (Å²) < 4.78 is 5.62. The van der Waals surface area contributed by atoms with Crippen LogP contribution in [-0.4, -0.2) is 23.4 Å². The second-order valence-corrected chi connectivity index (χ2v) is 6.67. The van der Waals surface area contributed by atoms with Gasteiger partial charge in [-0.25, -0.2) is 4.79 Å². The Morgan fingerprint density at radius 1 is 1.27 bits per heavy atom. The van der Waals surface area contributed by atoms with E-state index < -0.39 is 11.6 Å². The molecule has 1 saturated heterocycles. The molecule has 1 atom stereocenters. The molecule has 4 rings (SSSR count). The van der Waals surface area contributed by atoms with Crippen molar-refractivity contribution in [2.45, 2.75) is 18.5 Å². The summed E-state index contributed by atoms with van der Waals surface area (Å²) in [5.41, 5.74) is 0.443. The second-order valence-electron chi connectivity index (χ2n) is 6.23. The molecule has 0 radical (unpaired) electrons. The highest BCUT2D eigenvalue weighted by Gasteiger charge is 2.54. The number of imide groups is 1. The van der Waals surface area contributed by atoms with Crippen molar-refractivity contribution in [3.8, 4) is 11.8 Å². The van der Waals surface area contributed by atoms with Gasteiger partial charge in [-0.1, -0.05) is 35.9 Å². The fraction of sp³-hybridized carbons (Fsp3) is 0.211. The van der Waals surface area contributed by atoms with Gasteiger partial charge in [0.05, 0.1) is 24.8 Å². The molecule has 26 heavy (non-hydrogen) atoms. The van der Waals surface area contributed by atoms with Crippen LogP contribution in [0.3, 0.4) is 0 Å². The number of para-hydroxylation sites is 1. The lowest BCUT2D eigenvalue weighted by molar-refractivity contribution is -0.133. The highest BCUT2D eigenvalue weighted by Crippen LogP contribution is 2.41. The molecule has 7 heteroatoms. The first-order valence-electron chi connectivity index (χ1n) is 8.10. The monoisotopic (exact) mass is 367 g/mol. The zero-order valence-corrected chi connectivity index (χ0v) is 14.4. The van der Waals surface area contributed by atoms with Gasteiger partial charge in [0.1, 0.15) is 5.75 Å². The average molecular weight is 368 g/mol. The molecule has 3 amide bonds. The Balaban J connectivity index is 1.71. The maximum absolute atomic E-state index is 13.2. The van der Waals surface area contributed by atoms with Gasteiger partial charge in [0.15, 0.2) is 5.54 Å². The van der Waals surface area contributed by atoms with E-state index >= 15 is 0 Å². The van der Waals surface area contributed by atoms with Gasteiger partial charge in [0, 0.05) is 17.0 Å². The van der Waals surface area contributed by atoms with Gasteiger partial charge in [0.2, 0.25) is 0 Å². The van der Waals surface area contributed by atoms with Crippen molar-refractivity contribution in [3.63, 3.8) is 0 Å². The van der Waals surface area contributed by atoms with Gasteiger partial charge in [-0.2, -0.15) is 5.26 Å². The minimum atomic E-state index is -1.12. The molecule has 2 aliphatic rings. The van der Waals surface area contributed by atoms with Crippen LogP contribution in [0.25, 0.3) is 0 Å². The number of benzene rings is 2. The predicted molar refractivity (Wildman–Crippen MR) is 93.5 cm³/mol. The molecular weight excluding hydrogens is 354 g/mol. The van der Waals surface area contributed by atoms with Gasteiger partial charge in [-0.15, -0.1) is 0 Å². The Morgan fingerprint density at radius 3 is 2.88 bits per heavy atom. The number of hydrogen-bond acceptors (Lipinski definition) is 4. The minimum Gasteiger partial charge on any atom is -0.493 e. The SMILES string of the molecule is N#Cc1cc(Cl)ccc1CN1C(=O)NC2(CCOc3ccccc32)C1=O. The van der Waals surface area contributed by atoms with Crippen LogP contribution in [0.1, 0.15) is 23.1 Å². The fourth-order valence-corrected chi connectivity index (χ4v) is 3.65. The van der Waals surface area contributed by atoms with E-state index in [4.69, 9.17) is 16.3 Å². The minimum absolute atomic E-state index is 0.00943. The molecule has 0 bridgehead atoms. The van der Waals surface area contributed by atoms with Crippen LogP contribution < -0.4 is 10.1 Å². The van der Waals surface area contributed by atoms with Crippen LogP contribution in [0.15, 0.2) is 42.5 Å². The summed E-state index contributed by atoms with van der Waals surface area (Å²) >= 11 is 5.92. The summed E-state index contributed by atoms with van der Waals surface area (Å²) in [6.45, 7) is 0.344. The fourth-order valence-electron chi connectivity index (χ4n) is 3.48. The molecule has 6 nitrogen and oxygen atoms in total. The maximum Gasteiger partial charge on any atom is 0.325 e. The smallest absolute Gasteiger partial charge is 0.325 e. The summed E-state index contributed by atoms with van der Waals surface area (Å²) in [4.78, 5) is 26.9. The van der Waals surface area contributed by atoms with Gasteiger partial charge < -0.3 is 10.1 Å². The third-order valence-electron chi connectivity index (χ3n) is 4.78. The van der Waals surface area contributed by atoms with Crippen molar-refractivity contribution in [1.29, 1.82) is 5.26 Å². The molecule has 1 spiro atoms. The topological polar surface area (TPSA) is 82.4 Å². The van der Waals surface area contributed by atoms with Crippen LogP contribution in [0.4, 0.5) is 4.79 Å². The lowest BCUT2D eigenvalue weighted by Gasteiger charge is -2.33. The van der Waals surface area contributed by atoms with Crippen LogP contribution in [0.5, 0.6) is 5.75 Å². The molecule has 2 aromatic carbocycles. The highest BCUT2D eigenvalue weighted by molar-refractivity contribution is 6.30. The number of urea groups is 1. The zero-order chi connectivity index (χ0) is 18.3. The highest BCUT2D eigenvalue weighted by atomic mass is 35.5. The van der Waals surface area contributed by atoms with Crippen molar-refractivity contribution in [2.24, 2.45) is 0 Å². The van der Waals surface area contributed by atoms with Crippen molar-refractivity contribution < 1.29 is 14.3 Å². The molecule has 0 aliphatic carbocycles. The second kappa shape index (κ2) is 6.04. The van der Waals surface area contributed by atoms with Crippen molar-refractivity contribution in [1.82, 2.24) is 10.2 Å². The average Bonchev–Trinajstić information content (AvgIpc) is 2.88. The number of fused-ring (bicyclic) bond motifs is 2. The van der Waals surface area contributed by atoms with Gasteiger partial charge >= 0.3 is 6.03 Å². The molecule has 2 aromatic rings. The Bertz CT molecular complexity index is 969. The Morgan fingerprint density at radius 2 is 2.08 bits per heavy atom. The molecule has 2 aliphatic heterocycles. The summed E-state index contributed by atoms with van der Waals surface area (Å²) in [6.07, 6.45) is 0.358. The van der Waals surface area contributed by atoms with Crippen molar-refractivity contribution in [3.05, 3.63) is 64.2 Å². The van der Waals surface area contributed by atoms with Gasteiger partial charge in [0.25, 0.3) is 5.91 Å². The summed E-state index contributed by atoms with van der Waals surface area (Å²) in [5, 5.41) is 12.6. The largest absolute Gasteiger partial charge is 0.493 e. The predicted octanol–water partition coefficient (Wildman–Crippen LogP) is 2.94. The van der Waals surface area contributed by atoms with E-state index in [0.29, 0.717) is 40.5 Å². The Kier molecular flexibility index (Phi) is 3.82. The number of nitrogens with zero attached hydrogens (tertiary/aromatic N) is 2. The number of carbonyl (C=O) groups excluding carboxylic acids is 2. The van der Waals surface area contributed by atoms with E-state index in [2.05, 4.69) is 11.4 Å². The molecule has 130 valence electrons. The lowest BCUT2D eigenvalue weighted by Crippen LogP contribution is -2.47. The van der Waals surface area contributed by atoms with E-state index in [9.17, 15) is 14.9 Å². The summed E-state index contributed by atoms with van der Waals surface area (Å²) in [7, 11) is 0. The number of nitrogens with one attached hydrogen (secondary N) is 1. The first kappa shape index (κ1) is 16.4. The number of ether oxygens (including phenoxy) is 1. The lowest BCUT2D eigenvalue weighted by atomic mass is 9.84. The molecule has 0 saturated carbocycles. The number of halogens is 1. The first-order chi connectivity index (χ1) is 12.5. The third kappa shape index (κ3) is 2.40. The molecular formula is C19H14ClN3O3. The zero-order valence-electron chi connectivity index (χ0n) is 13.7. The summed E-state index contributed by atoms with van der Waals surface area (Å²) in [6, 6.07) is 13.6. The number of amides is 3. The first-order valence-corrected chi connectivity index (χ1v) is 8.48. The van der Waals surface area contributed by atoms with Gasteiger partial charge in [-0.3, -0.25) is 9.69 Å². The van der Waals surface area contributed by atoms with Gasteiger partial charge in [-0.05, 0) is 23.8 Å². The number of hydrogen-bond donors (Lipinski definition) is 1. The van der Waals surface area contributed by atoms with E-state index in [1.54, 1.807) is 24.3 Å². The van der Waals surface area contributed by atoms with Crippen molar-refractivity contribution >= 4 is 23.5 Å². The standard InChI is InChI=1S/C19H14ClN3O3/c20-14-6-5-12(13(9-14)10-21)11-23-17(24)19(22-18(23)25)7-8-26-16-4-2-1-3-15(16)19/h1-6,9H,7-8,11H2,(H,22,25). The number of rotatable bonds is 2. The van der Waals surface area contributed by atoms with E-state index in [0.717, 1.165) is 4.90 Å². The van der Waals surface area contributed by atoms with Crippen LogP contribution in [0.2, 0.25) is 5.02 Å². The Hall–Kier alpha value is -3.04. The Labute approximate surface area is 154 Å². The van der Waals surface area contributed by atoms with E-state index in [1.807, 2.05) is 12.1 Å². The number of nitriles is 1. The van der Waals surface area contributed by atoms with Crippen LogP contribution in [0, 0.1) is 11.3 Å². The molecule has 0 aromatic heterocycles. The molecule has 1 unspecified atom stereocenters. The van der Waals surface area contributed by atoms with Crippen LogP contribution >= 0.6 is 11.6 Å². The molecule has 2 heterocycles. The third-order valence-corrected chi connectivity index (χ3v) is 5.01. The summed E-state index contributed by atoms with van der Waals surface area (Å²) in [5.74, 6) is 0.260.